The standard InChI is InChI=1S/C14H13N5O2S/c15-9-19-6-7-21-11(8-19)12(20)16-14-18-17-13(22-14)10-4-2-1-3-5-10/h1-5,11H,6-8H2,(H,16,18,20)/t11-/m1/s1. The molecule has 2 heterocycles. The highest BCUT2D eigenvalue weighted by atomic mass is 32.1. The summed E-state index contributed by atoms with van der Waals surface area (Å²) in [6.07, 6.45) is 1.36. The maximum Gasteiger partial charge on any atom is 0.257 e. The number of nitrogens with one attached hydrogen (secondary N) is 1. The summed E-state index contributed by atoms with van der Waals surface area (Å²) in [5.74, 6) is -0.310. The highest BCUT2D eigenvalue weighted by molar-refractivity contribution is 7.18. The van der Waals surface area contributed by atoms with E-state index in [9.17, 15) is 4.79 Å². The van der Waals surface area contributed by atoms with Crippen LogP contribution in [0.15, 0.2) is 30.3 Å². The number of benzene rings is 1. The Kier molecular flexibility index (Phi) is 4.27. The van der Waals surface area contributed by atoms with Crippen molar-refractivity contribution >= 4 is 22.4 Å². The van der Waals surface area contributed by atoms with Crippen LogP contribution in [0.3, 0.4) is 0 Å². The average Bonchev–Trinajstić information content (AvgIpc) is 3.04. The summed E-state index contributed by atoms with van der Waals surface area (Å²) >= 11 is 1.30. The Bertz CT molecular complexity index is 697. The van der Waals surface area contributed by atoms with Gasteiger partial charge in [0, 0.05) is 5.56 Å². The van der Waals surface area contributed by atoms with Gasteiger partial charge in [0.05, 0.1) is 19.7 Å². The van der Waals surface area contributed by atoms with Crippen molar-refractivity contribution in [2.45, 2.75) is 6.10 Å². The van der Waals surface area contributed by atoms with Gasteiger partial charge in [-0.25, -0.2) is 0 Å². The predicted molar refractivity (Wildman–Crippen MR) is 80.9 cm³/mol. The lowest BCUT2D eigenvalue weighted by Crippen LogP contribution is -2.46. The van der Waals surface area contributed by atoms with Crippen LogP contribution in [-0.4, -0.2) is 46.8 Å². The Morgan fingerprint density at radius 3 is 3.00 bits per heavy atom. The summed E-state index contributed by atoms with van der Waals surface area (Å²) in [6, 6.07) is 9.62. The molecule has 8 heteroatoms. The van der Waals surface area contributed by atoms with E-state index in [1.54, 1.807) is 0 Å². The molecule has 1 atom stereocenters. The molecular formula is C14H13N5O2S. The van der Waals surface area contributed by atoms with Crippen LogP contribution in [0.2, 0.25) is 0 Å². The molecule has 22 heavy (non-hydrogen) atoms. The summed E-state index contributed by atoms with van der Waals surface area (Å²) in [5.41, 5.74) is 0.949. The van der Waals surface area contributed by atoms with Crippen molar-refractivity contribution in [3.8, 4) is 16.8 Å². The largest absolute Gasteiger partial charge is 0.365 e. The highest BCUT2D eigenvalue weighted by Gasteiger charge is 2.27. The molecule has 1 aromatic heterocycles. The van der Waals surface area contributed by atoms with E-state index < -0.39 is 6.10 Å². The maximum atomic E-state index is 12.1. The molecule has 1 saturated heterocycles. The second-order valence-electron chi connectivity index (χ2n) is 4.67. The van der Waals surface area contributed by atoms with E-state index in [0.717, 1.165) is 10.6 Å². The second-order valence-corrected chi connectivity index (χ2v) is 5.65. The summed E-state index contributed by atoms with van der Waals surface area (Å²) in [4.78, 5) is 13.6. The number of amides is 1. The van der Waals surface area contributed by atoms with Gasteiger partial charge in [-0.05, 0) is 0 Å². The molecular weight excluding hydrogens is 302 g/mol. The first-order valence-electron chi connectivity index (χ1n) is 6.72. The molecule has 2 aromatic rings. The lowest BCUT2D eigenvalue weighted by atomic mass is 10.2. The van der Waals surface area contributed by atoms with E-state index in [1.165, 1.54) is 16.2 Å². The first kappa shape index (κ1) is 14.4. The minimum absolute atomic E-state index is 0.257. The quantitative estimate of drug-likeness (QED) is 0.859. The Labute approximate surface area is 131 Å². The fourth-order valence-corrected chi connectivity index (χ4v) is 2.81. The summed E-state index contributed by atoms with van der Waals surface area (Å²) in [6.45, 7) is 1.13. The summed E-state index contributed by atoms with van der Waals surface area (Å²) < 4.78 is 5.39. The van der Waals surface area contributed by atoms with E-state index in [1.807, 2.05) is 36.5 Å². The van der Waals surface area contributed by atoms with Gasteiger partial charge in [0.15, 0.2) is 12.3 Å². The molecule has 0 aliphatic carbocycles. The van der Waals surface area contributed by atoms with Gasteiger partial charge >= 0.3 is 0 Å². The number of nitrogens with zero attached hydrogens (tertiary/aromatic N) is 4. The maximum absolute atomic E-state index is 12.1. The Morgan fingerprint density at radius 2 is 2.23 bits per heavy atom. The van der Waals surface area contributed by atoms with Crippen molar-refractivity contribution in [2.24, 2.45) is 0 Å². The van der Waals surface area contributed by atoms with E-state index in [2.05, 4.69) is 15.5 Å². The number of carbonyl (C=O) groups is 1. The Balaban J connectivity index is 1.65. The molecule has 112 valence electrons. The molecule has 3 rings (SSSR count). The molecule has 0 unspecified atom stereocenters. The minimum atomic E-state index is -0.669. The van der Waals surface area contributed by atoms with Crippen molar-refractivity contribution in [3.63, 3.8) is 0 Å². The van der Waals surface area contributed by atoms with E-state index in [0.29, 0.717) is 18.3 Å². The SMILES string of the molecule is N#CN1CCO[C@@H](C(=O)Nc2nnc(-c3ccccc3)s2)C1. The van der Waals surface area contributed by atoms with Gasteiger partial charge in [0.2, 0.25) is 5.13 Å². The van der Waals surface area contributed by atoms with Crippen LogP contribution in [0.25, 0.3) is 10.6 Å². The normalized spacial score (nSPS) is 17.8. The molecule has 1 aliphatic rings. The lowest BCUT2D eigenvalue weighted by molar-refractivity contribution is -0.131. The van der Waals surface area contributed by atoms with Gasteiger partial charge in [-0.1, -0.05) is 41.7 Å². The van der Waals surface area contributed by atoms with Crippen LogP contribution in [0, 0.1) is 11.5 Å². The molecule has 7 nitrogen and oxygen atoms in total. The molecule has 0 radical (unpaired) electrons. The second kappa shape index (κ2) is 6.51. The van der Waals surface area contributed by atoms with Crippen molar-refractivity contribution in [3.05, 3.63) is 30.3 Å². The fraction of sp³-hybridized carbons (Fsp3) is 0.286. The van der Waals surface area contributed by atoms with Crippen molar-refractivity contribution in [2.75, 3.05) is 25.0 Å². The monoisotopic (exact) mass is 315 g/mol. The van der Waals surface area contributed by atoms with E-state index >= 15 is 0 Å². The fourth-order valence-electron chi connectivity index (χ4n) is 2.06. The van der Waals surface area contributed by atoms with Crippen molar-refractivity contribution in [1.82, 2.24) is 15.1 Å². The van der Waals surface area contributed by atoms with Crippen LogP contribution < -0.4 is 5.32 Å². The molecule has 1 aromatic carbocycles. The molecule has 1 N–H and O–H groups in total. The molecule has 0 saturated carbocycles. The van der Waals surface area contributed by atoms with Crippen LogP contribution in [0.1, 0.15) is 0 Å². The highest BCUT2D eigenvalue weighted by Crippen LogP contribution is 2.26. The van der Waals surface area contributed by atoms with Gasteiger partial charge in [-0.15, -0.1) is 10.2 Å². The van der Waals surface area contributed by atoms with Crippen molar-refractivity contribution < 1.29 is 9.53 Å². The average molecular weight is 315 g/mol. The number of anilines is 1. The van der Waals surface area contributed by atoms with Gasteiger partial charge in [-0.3, -0.25) is 10.1 Å². The smallest absolute Gasteiger partial charge is 0.257 e. The zero-order chi connectivity index (χ0) is 15.4. The minimum Gasteiger partial charge on any atom is -0.365 e. The van der Waals surface area contributed by atoms with Crippen LogP contribution in [-0.2, 0) is 9.53 Å². The van der Waals surface area contributed by atoms with Crippen LogP contribution >= 0.6 is 11.3 Å². The van der Waals surface area contributed by atoms with Crippen molar-refractivity contribution in [1.29, 1.82) is 5.26 Å². The zero-order valence-electron chi connectivity index (χ0n) is 11.6. The first-order chi connectivity index (χ1) is 10.8. The lowest BCUT2D eigenvalue weighted by Gasteiger charge is -2.27. The summed E-state index contributed by atoms with van der Waals surface area (Å²) in [7, 11) is 0. The topological polar surface area (TPSA) is 91.1 Å². The predicted octanol–water partition coefficient (Wildman–Crippen LogP) is 1.33. The number of carbonyl (C=O) groups excluding carboxylic acids is 1. The number of aromatic nitrogens is 2. The van der Waals surface area contributed by atoms with Gasteiger partial charge in [0.25, 0.3) is 5.91 Å². The first-order valence-corrected chi connectivity index (χ1v) is 7.54. The number of hydrogen-bond donors (Lipinski definition) is 1. The Morgan fingerprint density at radius 1 is 1.41 bits per heavy atom. The molecule has 1 fully saturated rings. The third-order valence-electron chi connectivity index (χ3n) is 3.18. The number of morpholine rings is 1. The van der Waals surface area contributed by atoms with Gasteiger partial charge in [-0.2, -0.15) is 5.26 Å². The third kappa shape index (κ3) is 3.21. The summed E-state index contributed by atoms with van der Waals surface area (Å²) in [5, 5.41) is 20.8. The Hall–Kier alpha value is -2.50. The molecule has 1 aliphatic heterocycles. The van der Waals surface area contributed by atoms with E-state index in [4.69, 9.17) is 10.00 Å². The van der Waals surface area contributed by atoms with Gasteiger partial charge < -0.3 is 9.64 Å². The van der Waals surface area contributed by atoms with Crippen LogP contribution in [0.5, 0.6) is 0 Å². The van der Waals surface area contributed by atoms with Gasteiger partial charge in [0.1, 0.15) is 5.01 Å². The third-order valence-corrected chi connectivity index (χ3v) is 4.06. The van der Waals surface area contributed by atoms with Crippen LogP contribution in [0.4, 0.5) is 5.13 Å². The molecule has 1 amide bonds. The molecule has 0 bridgehead atoms. The number of hydrogen-bond acceptors (Lipinski definition) is 7. The number of nitriles is 1. The number of rotatable bonds is 3. The zero-order valence-corrected chi connectivity index (χ0v) is 12.4. The van der Waals surface area contributed by atoms with E-state index in [-0.39, 0.29) is 12.5 Å². The molecule has 0 spiro atoms. The number of ether oxygens (including phenoxy) is 1.